The molecule has 0 unspecified atom stereocenters. The van der Waals surface area contributed by atoms with Crippen molar-refractivity contribution in [1.82, 2.24) is 20.4 Å². The molecule has 0 radical (unpaired) electrons. The molecule has 2 N–H and O–H groups in total. The van der Waals surface area contributed by atoms with Crippen LogP contribution >= 0.6 is 0 Å². The topological polar surface area (TPSA) is 64.3 Å². The zero-order valence-corrected chi connectivity index (χ0v) is 16.8. The number of anilines is 1. The first-order valence-electron chi connectivity index (χ1n) is 10.5. The summed E-state index contributed by atoms with van der Waals surface area (Å²) < 4.78 is 0. The van der Waals surface area contributed by atoms with Crippen molar-refractivity contribution in [2.24, 2.45) is 0 Å². The predicted octanol–water partition coefficient (Wildman–Crippen LogP) is 2.43. The molecular weight excluding hydrogens is 350 g/mol. The molecule has 6 heteroatoms. The number of amides is 1. The van der Waals surface area contributed by atoms with Crippen LogP contribution in [0, 0.1) is 6.92 Å². The molecule has 0 atom stereocenters. The van der Waals surface area contributed by atoms with E-state index >= 15 is 0 Å². The maximum atomic E-state index is 12.4. The zero-order chi connectivity index (χ0) is 19.3. The second-order valence-corrected chi connectivity index (χ2v) is 8.07. The molecule has 2 heterocycles. The Morgan fingerprint density at radius 2 is 1.96 bits per heavy atom. The number of benzene rings is 1. The van der Waals surface area contributed by atoms with Crippen molar-refractivity contribution in [3.8, 4) is 0 Å². The number of piperazine rings is 1. The second-order valence-electron chi connectivity index (χ2n) is 8.07. The summed E-state index contributed by atoms with van der Waals surface area (Å²) in [5, 5.41) is 10.7. The van der Waals surface area contributed by atoms with Crippen molar-refractivity contribution in [3.63, 3.8) is 0 Å². The van der Waals surface area contributed by atoms with Gasteiger partial charge in [-0.05, 0) is 55.9 Å². The lowest BCUT2D eigenvalue weighted by molar-refractivity contribution is -0.122. The van der Waals surface area contributed by atoms with E-state index in [1.165, 1.54) is 41.8 Å². The van der Waals surface area contributed by atoms with Gasteiger partial charge in [-0.3, -0.25) is 14.8 Å². The van der Waals surface area contributed by atoms with Gasteiger partial charge in [-0.2, -0.15) is 5.10 Å². The minimum atomic E-state index is 0.0920. The van der Waals surface area contributed by atoms with Gasteiger partial charge in [0.15, 0.2) is 0 Å². The van der Waals surface area contributed by atoms with E-state index in [2.05, 4.69) is 56.5 Å². The third-order valence-electron chi connectivity index (χ3n) is 5.95. The van der Waals surface area contributed by atoms with Crippen molar-refractivity contribution in [2.75, 3.05) is 37.6 Å². The maximum absolute atomic E-state index is 12.4. The molecule has 1 aliphatic heterocycles. The van der Waals surface area contributed by atoms with Gasteiger partial charge in [0.1, 0.15) is 0 Å². The van der Waals surface area contributed by atoms with Gasteiger partial charge in [0.05, 0.1) is 18.8 Å². The smallest absolute Gasteiger partial charge is 0.234 e. The van der Waals surface area contributed by atoms with E-state index in [1.807, 2.05) is 0 Å². The highest BCUT2D eigenvalue weighted by atomic mass is 16.2. The summed E-state index contributed by atoms with van der Waals surface area (Å²) in [5.41, 5.74) is 6.20. The number of hydrogen-bond acceptors (Lipinski definition) is 4. The van der Waals surface area contributed by atoms with E-state index in [-0.39, 0.29) is 5.91 Å². The summed E-state index contributed by atoms with van der Waals surface area (Å²) in [6.45, 7) is 6.88. The minimum Gasteiger partial charge on any atom is -0.369 e. The second kappa shape index (κ2) is 8.78. The Hall–Kier alpha value is -2.34. The van der Waals surface area contributed by atoms with Gasteiger partial charge < -0.3 is 10.2 Å². The van der Waals surface area contributed by atoms with Crippen molar-refractivity contribution >= 4 is 11.6 Å². The molecule has 1 fully saturated rings. The first kappa shape index (κ1) is 19.0. The van der Waals surface area contributed by atoms with Crippen LogP contribution in [0.2, 0.25) is 0 Å². The highest BCUT2D eigenvalue weighted by Crippen LogP contribution is 2.21. The number of H-pyrrole nitrogens is 1. The number of carbonyl (C=O) groups is 1. The van der Waals surface area contributed by atoms with Crippen molar-refractivity contribution in [1.29, 1.82) is 0 Å². The van der Waals surface area contributed by atoms with E-state index in [0.29, 0.717) is 13.1 Å². The van der Waals surface area contributed by atoms with Gasteiger partial charge in [-0.1, -0.05) is 18.6 Å². The maximum Gasteiger partial charge on any atom is 0.234 e. The van der Waals surface area contributed by atoms with E-state index in [9.17, 15) is 4.79 Å². The molecule has 4 rings (SSSR count). The Bertz CT molecular complexity index is 807. The molecule has 1 aliphatic carbocycles. The van der Waals surface area contributed by atoms with Crippen LogP contribution in [0.5, 0.6) is 0 Å². The molecule has 1 amide bonds. The first-order chi connectivity index (χ1) is 13.7. The Balaban J connectivity index is 1.24. The quantitative estimate of drug-likeness (QED) is 0.781. The van der Waals surface area contributed by atoms with E-state index in [0.717, 1.165) is 44.7 Å². The number of nitrogens with zero attached hydrogens (tertiary/aromatic N) is 3. The third-order valence-corrected chi connectivity index (χ3v) is 5.95. The molecule has 28 heavy (non-hydrogen) atoms. The fourth-order valence-corrected chi connectivity index (χ4v) is 4.30. The van der Waals surface area contributed by atoms with Gasteiger partial charge in [-0.25, -0.2) is 0 Å². The van der Waals surface area contributed by atoms with Gasteiger partial charge in [-0.15, -0.1) is 0 Å². The van der Waals surface area contributed by atoms with Gasteiger partial charge in [0.2, 0.25) is 5.91 Å². The van der Waals surface area contributed by atoms with E-state index in [4.69, 9.17) is 0 Å². The molecular formula is C22H31N5O. The summed E-state index contributed by atoms with van der Waals surface area (Å²) >= 11 is 0. The average molecular weight is 382 g/mol. The SMILES string of the molecule is Cc1cccc(N2CCN(CC(=O)NCc3n[nH]c4c3CCCCC4)CC2)c1. The molecule has 1 saturated heterocycles. The molecule has 2 aliphatic rings. The van der Waals surface area contributed by atoms with Crippen LogP contribution in [-0.4, -0.2) is 53.7 Å². The number of aromatic nitrogens is 2. The standard InChI is InChI=1S/C22H31N5O/c1-17-6-5-7-18(14-17)27-12-10-26(11-13-27)16-22(28)23-15-21-19-8-3-2-4-9-20(19)24-25-21/h5-7,14H,2-4,8-13,15-16H2,1H3,(H,23,28)(H,24,25). The van der Waals surface area contributed by atoms with Crippen molar-refractivity contribution < 1.29 is 4.79 Å². The highest BCUT2D eigenvalue weighted by Gasteiger charge is 2.20. The van der Waals surface area contributed by atoms with Crippen LogP contribution in [0.4, 0.5) is 5.69 Å². The minimum absolute atomic E-state index is 0.0920. The molecule has 1 aromatic heterocycles. The summed E-state index contributed by atoms with van der Waals surface area (Å²) in [4.78, 5) is 17.1. The lowest BCUT2D eigenvalue weighted by Gasteiger charge is -2.35. The molecule has 0 saturated carbocycles. The van der Waals surface area contributed by atoms with Crippen LogP contribution in [0.1, 0.15) is 41.8 Å². The summed E-state index contributed by atoms with van der Waals surface area (Å²) in [5.74, 6) is 0.0920. The van der Waals surface area contributed by atoms with Crippen molar-refractivity contribution in [3.05, 3.63) is 46.8 Å². The number of fused-ring (bicyclic) bond motifs is 1. The summed E-state index contributed by atoms with van der Waals surface area (Å²) in [6, 6.07) is 8.64. The predicted molar refractivity (Wildman–Crippen MR) is 112 cm³/mol. The average Bonchev–Trinajstić information content (AvgIpc) is 2.93. The van der Waals surface area contributed by atoms with Gasteiger partial charge in [0, 0.05) is 37.6 Å². The Morgan fingerprint density at radius 3 is 2.79 bits per heavy atom. The molecule has 6 nitrogen and oxygen atoms in total. The Morgan fingerprint density at radius 1 is 1.14 bits per heavy atom. The largest absolute Gasteiger partial charge is 0.369 e. The summed E-state index contributed by atoms with van der Waals surface area (Å²) in [6.07, 6.45) is 5.90. The number of aromatic amines is 1. The highest BCUT2D eigenvalue weighted by molar-refractivity contribution is 5.78. The van der Waals surface area contributed by atoms with Gasteiger partial charge in [0.25, 0.3) is 0 Å². The number of hydrogen-bond donors (Lipinski definition) is 2. The number of rotatable bonds is 5. The van der Waals surface area contributed by atoms with E-state index in [1.54, 1.807) is 0 Å². The van der Waals surface area contributed by atoms with Crippen molar-refractivity contribution in [2.45, 2.75) is 45.6 Å². The van der Waals surface area contributed by atoms with Crippen LogP contribution < -0.4 is 10.2 Å². The molecule has 0 spiro atoms. The molecule has 150 valence electrons. The van der Waals surface area contributed by atoms with Crippen LogP contribution in [0.15, 0.2) is 24.3 Å². The van der Waals surface area contributed by atoms with Crippen LogP contribution in [0.3, 0.4) is 0 Å². The number of nitrogens with one attached hydrogen (secondary N) is 2. The van der Waals surface area contributed by atoms with E-state index < -0.39 is 0 Å². The first-order valence-corrected chi connectivity index (χ1v) is 10.5. The monoisotopic (exact) mass is 381 g/mol. The normalized spacial score (nSPS) is 17.8. The Kier molecular flexibility index (Phi) is 5.95. The lowest BCUT2D eigenvalue weighted by Crippen LogP contribution is -2.49. The van der Waals surface area contributed by atoms with Gasteiger partial charge >= 0.3 is 0 Å². The zero-order valence-electron chi connectivity index (χ0n) is 16.8. The lowest BCUT2D eigenvalue weighted by atomic mass is 10.1. The number of aryl methyl sites for hydroxylation is 2. The Labute approximate surface area is 167 Å². The fraction of sp³-hybridized carbons (Fsp3) is 0.545. The summed E-state index contributed by atoms with van der Waals surface area (Å²) in [7, 11) is 0. The number of carbonyl (C=O) groups excluding carboxylic acids is 1. The third kappa shape index (κ3) is 4.55. The van der Waals surface area contributed by atoms with Crippen LogP contribution in [-0.2, 0) is 24.2 Å². The molecule has 2 aromatic rings. The fourth-order valence-electron chi connectivity index (χ4n) is 4.30. The molecule has 1 aromatic carbocycles. The molecule has 0 bridgehead atoms. The van der Waals surface area contributed by atoms with Crippen LogP contribution in [0.25, 0.3) is 0 Å².